The Morgan fingerprint density at radius 3 is 2.23 bits per heavy atom. The van der Waals surface area contributed by atoms with Crippen molar-refractivity contribution < 1.29 is 0 Å². The van der Waals surface area contributed by atoms with Gasteiger partial charge in [0.25, 0.3) is 0 Å². The molecular weight excluding hydrogens is 272 g/mol. The zero-order chi connectivity index (χ0) is 15.4. The van der Waals surface area contributed by atoms with Gasteiger partial charge in [0.1, 0.15) is 0 Å². The number of nitrogens with zero attached hydrogens (tertiary/aromatic N) is 3. The first-order valence-corrected chi connectivity index (χ1v) is 9.56. The SMILES string of the molecule is CC1CN(CC2CCNCC2)CCN1CC1CCN(C)CC1. The van der Waals surface area contributed by atoms with Crippen molar-refractivity contribution in [1.29, 1.82) is 0 Å². The van der Waals surface area contributed by atoms with Crippen LogP contribution in [0.4, 0.5) is 0 Å². The number of nitrogens with one attached hydrogen (secondary N) is 1. The summed E-state index contributed by atoms with van der Waals surface area (Å²) in [5.74, 6) is 1.88. The molecule has 0 radical (unpaired) electrons. The van der Waals surface area contributed by atoms with E-state index in [1.165, 1.54) is 84.6 Å². The zero-order valence-corrected chi connectivity index (χ0v) is 14.8. The van der Waals surface area contributed by atoms with Crippen LogP contribution in [0.25, 0.3) is 0 Å². The summed E-state index contributed by atoms with van der Waals surface area (Å²) < 4.78 is 0. The fourth-order valence-corrected chi connectivity index (χ4v) is 4.51. The zero-order valence-electron chi connectivity index (χ0n) is 14.8. The smallest absolute Gasteiger partial charge is 0.0195 e. The van der Waals surface area contributed by atoms with Gasteiger partial charge in [0.15, 0.2) is 0 Å². The predicted molar refractivity (Wildman–Crippen MR) is 93.3 cm³/mol. The van der Waals surface area contributed by atoms with E-state index < -0.39 is 0 Å². The first-order valence-electron chi connectivity index (χ1n) is 9.56. The van der Waals surface area contributed by atoms with E-state index in [9.17, 15) is 0 Å². The average Bonchev–Trinajstić information content (AvgIpc) is 2.53. The van der Waals surface area contributed by atoms with Gasteiger partial charge in [-0.1, -0.05) is 0 Å². The summed E-state index contributed by atoms with van der Waals surface area (Å²) in [6.45, 7) is 14.1. The van der Waals surface area contributed by atoms with E-state index >= 15 is 0 Å². The maximum atomic E-state index is 3.49. The average molecular weight is 309 g/mol. The Labute approximate surface area is 137 Å². The maximum absolute atomic E-state index is 3.49. The summed E-state index contributed by atoms with van der Waals surface area (Å²) in [4.78, 5) is 8.00. The maximum Gasteiger partial charge on any atom is 0.0195 e. The molecular formula is C18H36N4. The Bertz CT molecular complexity index is 321. The van der Waals surface area contributed by atoms with Crippen LogP contribution in [0.1, 0.15) is 32.6 Å². The molecule has 22 heavy (non-hydrogen) atoms. The van der Waals surface area contributed by atoms with Gasteiger partial charge in [-0.05, 0) is 77.7 Å². The van der Waals surface area contributed by atoms with E-state index in [1.54, 1.807) is 0 Å². The normalized spacial score (nSPS) is 31.6. The molecule has 3 heterocycles. The summed E-state index contributed by atoms with van der Waals surface area (Å²) in [5, 5.41) is 3.49. The molecule has 0 saturated carbocycles. The van der Waals surface area contributed by atoms with Crippen molar-refractivity contribution in [3.63, 3.8) is 0 Å². The molecule has 4 nitrogen and oxygen atoms in total. The Morgan fingerprint density at radius 2 is 1.55 bits per heavy atom. The topological polar surface area (TPSA) is 21.8 Å². The molecule has 0 amide bonds. The molecule has 3 rings (SSSR count). The second kappa shape index (κ2) is 8.09. The fraction of sp³-hybridized carbons (Fsp3) is 1.00. The summed E-state index contributed by atoms with van der Waals surface area (Å²) in [6, 6.07) is 0.745. The highest BCUT2D eigenvalue weighted by Crippen LogP contribution is 2.21. The lowest BCUT2D eigenvalue weighted by Gasteiger charge is -2.43. The molecule has 1 atom stereocenters. The van der Waals surface area contributed by atoms with E-state index in [1.807, 2.05) is 0 Å². The van der Waals surface area contributed by atoms with Crippen LogP contribution in [-0.4, -0.2) is 86.7 Å². The van der Waals surface area contributed by atoms with Gasteiger partial charge in [0.2, 0.25) is 0 Å². The standard InChI is InChI=1S/C18H36N4/c1-16-13-21(14-17-3-7-19-8-4-17)11-12-22(16)15-18-5-9-20(2)10-6-18/h16-19H,3-15H2,1-2H3. The van der Waals surface area contributed by atoms with Gasteiger partial charge in [0.05, 0.1) is 0 Å². The number of hydrogen-bond donors (Lipinski definition) is 1. The minimum absolute atomic E-state index is 0.745. The highest BCUT2D eigenvalue weighted by atomic mass is 15.3. The molecule has 0 aromatic carbocycles. The summed E-state index contributed by atoms with van der Waals surface area (Å²) >= 11 is 0. The van der Waals surface area contributed by atoms with E-state index in [4.69, 9.17) is 0 Å². The van der Waals surface area contributed by atoms with Crippen LogP contribution in [0.3, 0.4) is 0 Å². The predicted octanol–water partition coefficient (Wildman–Crippen LogP) is 1.33. The third-order valence-corrected chi connectivity index (χ3v) is 6.16. The molecule has 3 saturated heterocycles. The van der Waals surface area contributed by atoms with Gasteiger partial charge >= 0.3 is 0 Å². The van der Waals surface area contributed by atoms with Gasteiger partial charge < -0.3 is 15.1 Å². The molecule has 3 fully saturated rings. The van der Waals surface area contributed by atoms with Crippen LogP contribution < -0.4 is 5.32 Å². The summed E-state index contributed by atoms with van der Waals surface area (Å²) in [7, 11) is 2.26. The first kappa shape index (κ1) is 16.7. The molecule has 1 unspecified atom stereocenters. The van der Waals surface area contributed by atoms with Crippen molar-refractivity contribution >= 4 is 0 Å². The van der Waals surface area contributed by atoms with E-state index in [-0.39, 0.29) is 0 Å². The molecule has 0 spiro atoms. The highest BCUT2D eigenvalue weighted by molar-refractivity contribution is 4.84. The molecule has 4 heteroatoms. The van der Waals surface area contributed by atoms with Crippen molar-refractivity contribution in [2.24, 2.45) is 11.8 Å². The van der Waals surface area contributed by atoms with Crippen LogP contribution >= 0.6 is 0 Å². The van der Waals surface area contributed by atoms with Crippen molar-refractivity contribution in [1.82, 2.24) is 20.0 Å². The van der Waals surface area contributed by atoms with Crippen molar-refractivity contribution in [2.45, 2.75) is 38.6 Å². The lowest BCUT2D eigenvalue weighted by atomic mass is 9.95. The Morgan fingerprint density at radius 1 is 0.864 bits per heavy atom. The Hall–Kier alpha value is -0.160. The van der Waals surface area contributed by atoms with Crippen LogP contribution in [-0.2, 0) is 0 Å². The molecule has 128 valence electrons. The molecule has 3 aliphatic heterocycles. The van der Waals surface area contributed by atoms with Gasteiger partial charge in [-0.3, -0.25) is 4.90 Å². The van der Waals surface area contributed by atoms with E-state index in [0.717, 1.165) is 17.9 Å². The monoisotopic (exact) mass is 308 g/mol. The molecule has 0 aromatic rings. The van der Waals surface area contributed by atoms with Crippen LogP contribution in [0.5, 0.6) is 0 Å². The number of hydrogen-bond acceptors (Lipinski definition) is 4. The fourth-order valence-electron chi connectivity index (χ4n) is 4.51. The minimum Gasteiger partial charge on any atom is -0.317 e. The number of rotatable bonds is 4. The molecule has 3 aliphatic rings. The summed E-state index contributed by atoms with van der Waals surface area (Å²) in [6.07, 6.45) is 5.56. The third kappa shape index (κ3) is 4.67. The van der Waals surface area contributed by atoms with Gasteiger partial charge in [-0.25, -0.2) is 0 Å². The quantitative estimate of drug-likeness (QED) is 0.846. The molecule has 0 aromatic heterocycles. The van der Waals surface area contributed by atoms with Crippen LogP contribution in [0.15, 0.2) is 0 Å². The van der Waals surface area contributed by atoms with Gasteiger partial charge in [0, 0.05) is 38.8 Å². The van der Waals surface area contributed by atoms with Crippen molar-refractivity contribution in [2.75, 3.05) is 66.0 Å². The largest absolute Gasteiger partial charge is 0.317 e. The number of likely N-dealkylation sites (tertiary alicyclic amines) is 1. The third-order valence-electron chi connectivity index (χ3n) is 6.16. The Kier molecular flexibility index (Phi) is 6.14. The van der Waals surface area contributed by atoms with Gasteiger partial charge in [-0.15, -0.1) is 0 Å². The lowest BCUT2D eigenvalue weighted by molar-refractivity contribution is 0.0493. The number of piperazine rings is 1. The van der Waals surface area contributed by atoms with Crippen LogP contribution in [0.2, 0.25) is 0 Å². The van der Waals surface area contributed by atoms with Gasteiger partial charge in [-0.2, -0.15) is 0 Å². The lowest BCUT2D eigenvalue weighted by Crippen LogP contribution is -2.54. The van der Waals surface area contributed by atoms with Crippen molar-refractivity contribution in [3.8, 4) is 0 Å². The first-order chi connectivity index (χ1) is 10.7. The molecule has 0 aliphatic carbocycles. The highest BCUT2D eigenvalue weighted by Gasteiger charge is 2.28. The Balaban J connectivity index is 1.39. The molecule has 1 N–H and O–H groups in total. The van der Waals surface area contributed by atoms with E-state index in [2.05, 4.69) is 34.0 Å². The molecule has 0 bridgehead atoms. The number of piperidine rings is 2. The van der Waals surface area contributed by atoms with Crippen LogP contribution in [0, 0.1) is 11.8 Å². The minimum atomic E-state index is 0.745. The summed E-state index contributed by atoms with van der Waals surface area (Å²) in [5.41, 5.74) is 0. The van der Waals surface area contributed by atoms with E-state index in [0.29, 0.717) is 0 Å². The van der Waals surface area contributed by atoms with Crippen molar-refractivity contribution in [3.05, 3.63) is 0 Å². The second-order valence-electron chi connectivity index (χ2n) is 8.04. The second-order valence-corrected chi connectivity index (χ2v) is 8.04.